The molecule has 1 N–H and O–H groups in total. The maximum absolute atomic E-state index is 14.9. The van der Waals surface area contributed by atoms with Crippen LogP contribution in [0.25, 0.3) is 0 Å². The van der Waals surface area contributed by atoms with Crippen molar-refractivity contribution in [2.75, 3.05) is 46.6 Å². The Bertz CT molecular complexity index is 1110. The number of halogens is 1. The second-order valence-electron chi connectivity index (χ2n) is 9.55. The highest BCUT2D eigenvalue weighted by atomic mass is 19.1. The number of carbonyl (C=O) groups is 2. The van der Waals surface area contributed by atoms with Gasteiger partial charge in [0.25, 0.3) is 5.91 Å². The molecule has 40 heavy (non-hydrogen) atoms. The summed E-state index contributed by atoms with van der Waals surface area (Å²) < 4.78 is 42.3. The molecule has 2 aromatic carbocycles. The molecule has 2 aromatic rings. The van der Waals surface area contributed by atoms with Gasteiger partial charge in [-0.3, -0.25) is 9.59 Å². The number of amides is 1. The maximum Gasteiger partial charge on any atom is 0.312 e. The van der Waals surface area contributed by atoms with Crippen molar-refractivity contribution in [3.63, 3.8) is 0 Å². The highest BCUT2D eigenvalue weighted by molar-refractivity contribution is 5.95. The summed E-state index contributed by atoms with van der Waals surface area (Å²) in [6, 6.07) is 8.20. The lowest BCUT2D eigenvalue weighted by atomic mass is 10.0. The third-order valence-electron chi connectivity index (χ3n) is 6.58. The predicted octanol–water partition coefficient (Wildman–Crippen LogP) is 4.60. The fraction of sp³-hybridized carbons (Fsp3) is 0.533. The van der Waals surface area contributed by atoms with Crippen molar-refractivity contribution < 1.29 is 37.7 Å². The number of rotatable bonds is 14. The highest BCUT2D eigenvalue weighted by Crippen LogP contribution is 2.32. The van der Waals surface area contributed by atoms with E-state index in [-0.39, 0.29) is 42.6 Å². The van der Waals surface area contributed by atoms with Crippen LogP contribution in [0, 0.1) is 11.7 Å². The molecule has 9 nitrogen and oxygen atoms in total. The molecule has 0 saturated carbocycles. The van der Waals surface area contributed by atoms with Gasteiger partial charge in [-0.15, -0.1) is 0 Å². The predicted molar refractivity (Wildman–Crippen MR) is 149 cm³/mol. The summed E-state index contributed by atoms with van der Waals surface area (Å²) >= 11 is 0. The van der Waals surface area contributed by atoms with E-state index in [1.807, 2.05) is 0 Å². The first-order valence-corrected chi connectivity index (χ1v) is 13.9. The molecule has 220 valence electrons. The molecule has 0 bridgehead atoms. The fourth-order valence-corrected chi connectivity index (χ4v) is 4.56. The van der Waals surface area contributed by atoms with Gasteiger partial charge in [0, 0.05) is 24.2 Å². The number of hydrogen-bond donors (Lipinski definition) is 1. The van der Waals surface area contributed by atoms with E-state index in [9.17, 15) is 14.0 Å². The number of piperidine rings is 1. The lowest BCUT2D eigenvalue weighted by Crippen LogP contribution is -2.45. The molecule has 1 amide bonds. The average molecular weight is 561 g/mol. The first-order chi connectivity index (χ1) is 19.3. The Hall–Kier alpha value is -3.53. The fourth-order valence-electron chi connectivity index (χ4n) is 4.56. The van der Waals surface area contributed by atoms with Gasteiger partial charge < -0.3 is 33.9 Å². The summed E-state index contributed by atoms with van der Waals surface area (Å²) in [5, 5.41) is 3.34. The van der Waals surface area contributed by atoms with E-state index < -0.39 is 11.7 Å². The molecule has 0 spiro atoms. The minimum absolute atomic E-state index is 0.0377. The zero-order valence-electron chi connectivity index (χ0n) is 24.1. The van der Waals surface area contributed by atoms with Gasteiger partial charge in [0.1, 0.15) is 18.1 Å². The normalized spacial score (nSPS) is 14.2. The Morgan fingerprint density at radius 2 is 1.57 bits per heavy atom. The van der Waals surface area contributed by atoms with Gasteiger partial charge in [-0.1, -0.05) is 0 Å². The number of ether oxygens (including phenoxy) is 5. The van der Waals surface area contributed by atoms with Crippen LogP contribution in [0.15, 0.2) is 30.3 Å². The largest absolute Gasteiger partial charge is 0.497 e. The molecule has 3 rings (SSSR count). The van der Waals surface area contributed by atoms with Gasteiger partial charge in [0.05, 0.1) is 32.8 Å². The summed E-state index contributed by atoms with van der Waals surface area (Å²) in [6.07, 6.45) is 1.54. The van der Waals surface area contributed by atoms with Gasteiger partial charge in [-0.25, -0.2) is 0 Å². The van der Waals surface area contributed by atoms with Gasteiger partial charge in [-0.05, 0) is 83.5 Å². The molecule has 0 aromatic heterocycles. The lowest BCUT2D eigenvalue weighted by molar-refractivity contribution is -0.148. The number of nitrogens with one attached hydrogen (secondary N) is 1. The quantitative estimate of drug-likeness (QED) is 0.335. The molecule has 0 aliphatic carbocycles. The van der Waals surface area contributed by atoms with Crippen molar-refractivity contribution in [3.05, 3.63) is 47.3 Å². The van der Waals surface area contributed by atoms with Gasteiger partial charge >= 0.3 is 5.97 Å². The van der Waals surface area contributed by atoms with Crippen LogP contribution in [0.4, 0.5) is 4.39 Å². The van der Waals surface area contributed by atoms with Crippen LogP contribution in [0.2, 0.25) is 0 Å². The summed E-state index contributed by atoms with van der Waals surface area (Å²) in [6.45, 7) is 9.81. The third kappa shape index (κ3) is 8.24. The minimum atomic E-state index is -0.557. The molecule has 1 aliphatic heterocycles. The number of esters is 1. The van der Waals surface area contributed by atoms with Crippen LogP contribution >= 0.6 is 0 Å². The number of methoxy groups -OCH3 is 1. The molecule has 0 radical (unpaired) electrons. The monoisotopic (exact) mass is 560 g/mol. The van der Waals surface area contributed by atoms with Crippen LogP contribution in [0.5, 0.6) is 23.0 Å². The van der Waals surface area contributed by atoms with Crippen LogP contribution in [-0.4, -0.2) is 69.4 Å². The number of nitrogens with zero attached hydrogens (tertiary/aromatic N) is 1. The van der Waals surface area contributed by atoms with E-state index in [4.69, 9.17) is 23.7 Å². The Kier molecular flexibility index (Phi) is 11.9. The standard InChI is InChI=1S/C30H41FN2O7/c1-6-37-26-13-21(14-27(28(26)31)38-7-2)18-33(23-9-11-32-12-10-23)29(34)22-15-24(36-5)17-25(16-22)40-19-20(4)30(35)39-8-3/h13-17,20,23,32H,6-12,18-19H2,1-5H3. The van der Waals surface area contributed by atoms with E-state index >= 15 is 0 Å². The molecule has 1 aliphatic rings. The van der Waals surface area contributed by atoms with Crippen molar-refractivity contribution in [3.8, 4) is 23.0 Å². The minimum Gasteiger partial charge on any atom is -0.497 e. The first-order valence-electron chi connectivity index (χ1n) is 13.9. The molecular formula is C30H41FN2O7. The Balaban J connectivity index is 1.93. The average Bonchev–Trinajstić information content (AvgIpc) is 2.97. The topological polar surface area (TPSA) is 95.6 Å². The number of carbonyl (C=O) groups excluding carboxylic acids is 2. The first kappa shape index (κ1) is 31.0. The van der Waals surface area contributed by atoms with E-state index in [0.29, 0.717) is 42.4 Å². The Labute approximate surface area is 235 Å². The molecule has 1 atom stereocenters. The summed E-state index contributed by atoms with van der Waals surface area (Å²) in [5.74, 6) is -0.557. The molecule has 1 fully saturated rings. The zero-order chi connectivity index (χ0) is 29.1. The van der Waals surface area contributed by atoms with Crippen molar-refractivity contribution in [2.45, 2.75) is 53.1 Å². The third-order valence-corrected chi connectivity index (χ3v) is 6.58. The number of benzene rings is 2. The summed E-state index contributed by atoms with van der Waals surface area (Å²) in [7, 11) is 1.52. The molecular weight excluding hydrogens is 519 g/mol. The SMILES string of the molecule is CCOC(=O)C(C)COc1cc(OC)cc(C(=O)N(Cc2cc(OCC)c(F)c(OCC)c2)C2CCNCC2)c1. The van der Waals surface area contributed by atoms with Crippen molar-refractivity contribution in [1.29, 1.82) is 0 Å². The van der Waals surface area contributed by atoms with E-state index in [0.717, 1.165) is 25.9 Å². The van der Waals surface area contributed by atoms with Gasteiger partial charge in [0.15, 0.2) is 11.5 Å². The molecule has 10 heteroatoms. The van der Waals surface area contributed by atoms with E-state index in [2.05, 4.69) is 5.32 Å². The van der Waals surface area contributed by atoms with Gasteiger partial charge in [0.2, 0.25) is 5.82 Å². The smallest absolute Gasteiger partial charge is 0.312 e. The van der Waals surface area contributed by atoms with E-state index in [1.165, 1.54) is 7.11 Å². The van der Waals surface area contributed by atoms with Crippen LogP contribution < -0.4 is 24.3 Å². The summed E-state index contributed by atoms with van der Waals surface area (Å²) in [5.41, 5.74) is 1.08. The lowest BCUT2D eigenvalue weighted by Gasteiger charge is -2.35. The highest BCUT2D eigenvalue weighted by Gasteiger charge is 2.28. The second kappa shape index (κ2) is 15.3. The van der Waals surface area contributed by atoms with Crippen LogP contribution in [-0.2, 0) is 16.1 Å². The summed E-state index contributed by atoms with van der Waals surface area (Å²) in [4.78, 5) is 27.9. The Morgan fingerprint density at radius 3 is 2.15 bits per heavy atom. The molecule has 1 unspecified atom stereocenters. The van der Waals surface area contributed by atoms with Crippen LogP contribution in [0.1, 0.15) is 56.5 Å². The van der Waals surface area contributed by atoms with Crippen LogP contribution in [0.3, 0.4) is 0 Å². The second-order valence-corrected chi connectivity index (χ2v) is 9.55. The zero-order valence-corrected chi connectivity index (χ0v) is 24.1. The van der Waals surface area contributed by atoms with Gasteiger partial charge in [-0.2, -0.15) is 4.39 Å². The Morgan fingerprint density at radius 1 is 0.950 bits per heavy atom. The number of hydrogen-bond acceptors (Lipinski definition) is 8. The van der Waals surface area contributed by atoms with Crippen molar-refractivity contribution in [2.24, 2.45) is 5.92 Å². The van der Waals surface area contributed by atoms with Crippen molar-refractivity contribution in [1.82, 2.24) is 10.2 Å². The van der Waals surface area contributed by atoms with Crippen molar-refractivity contribution >= 4 is 11.9 Å². The molecule has 1 heterocycles. The maximum atomic E-state index is 14.9. The van der Waals surface area contributed by atoms with E-state index in [1.54, 1.807) is 62.9 Å². The molecule has 1 saturated heterocycles.